The average molecular weight is 444 g/mol. The molecule has 2 bridgehead atoms. The fourth-order valence-corrected chi connectivity index (χ4v) is 5.63. The highest BCUT2D eigenvalue weighted by atomic mass is 16.5. The Morgan fingerprint density at radius 3 is 2.94 bits per heavy atom. The number of para-hydroxylation sites is 3. The minimum absolute atomic E-state index is 0.0943. The third kappa shape index (κ3) is 2.99. The van der Waals surface area contributed by atoms with Gasteiger partial charge in [0.15, 0.2) is 0 Å². The van der Waals surface area contributed by atoms with Crippen molar-refractivity contribution in [2.24, 2.45) is 11.8 Å². The number of rotatable bonds is 6. The number of nitrogens with zero attached hydrogens (tertiary/aromatic N) is 1. The number of aromatic amines is 1. The van der Waals surface area contributed by atoms with Crippen molar-refractivity contribution in [2.45, 2.75) is 18.1 Å². The Bertz CT molecular complexity index is 1280. The molecule has 1 aromatic heterocycles. The first-order chi connectivity index (χ1) is 16.1. The van der Waals surface area contributed by atoms with Gasteiger partial charge in [0.25, 0.3) is 0 Å². The zero-order chi connectivity index (χ0) is 22.6. The van der Waals surface area contributed by atoms with Crippen molar-refractivity contribution in [3.63, 3.8) is 0 Å². The van der Waals surface area contributed by atoms with Crippen LogP contribution in [0.1, 0.15) is 5.56 Å². The first kappa shape index (κ1) is 20.1. The van der Waals surface area contributed by atoms with Crippen molar-refractivity contribution in [3.8, 4) is 5.75 Å². The zero-order valence-corrected chi connectivity index (χ0v) is 18.3. The van der Waals surface area contributed by atoms with Crippen LogP contribution in [0, 0.1) is 11.8 Å². The van der Waals surface area contributed by atoms with Crippen LogP contribution in [0.5, 0.6) is 5.75 Å². The molecule has 4 heterocycles. The molecule has 2 amide bonds. The lowest BCUT2D eigenvalue weighted by atomic mass is 9.77. The van der Waals surface area contributed by atoms with E-state index in [1.165, 1.54) is 0 Å². The van der Waals surface area contributed by atoms with Crippen LogP contribution in [0.2, 0.25) is 0 Å². The van der Waals surface area contributed by atoms with E-state index in [1.54, 1.807) is 12.0 Å². The van der Waals surface area contributed by atoms with Crippen LogP contribution < -0.4 is 15.0 Å². The van der Waals surface area contributed by atoms with E-state index in [9.17, 15) is 9.59 Å². The molecule has 7 nitrogen and oxygen atoms in total. The second kappa shape index (κ2) is 7.49. The number of amides is 2. The molecule has 1 spiro atoms. The van der Waals surface area contributed by atoms with E-state index < -0.39 is 17.4 Å². The van der Waals surface area contributed by atoms with E-state index >= 15 is 0 Å². The largest absolute Gasteiger partial charge is 0.495 e. The van der Waals surface area contributed by atoms with E-state index in [0.717, 1.165) is 16.5 Å². The molecule has 4 atom stereocenters. The van der Waals surface area contributed by atoms with E-state index in [-0.39, 0.29) is 17.9 Å². The summed E-state index contributed by atoms with van der Waals surface area (Å²) in [7, 11) is 1.59. The van der Waals surface area contributed by atoms with Gasteiger partial charge in [-0.1, -0.05) is 42.5 Å². The molecule has 2 aromatic carbocycles. The van der Waals surface area contributed by atoms with Crippen LogP contribution >= 0.6 is 0 Å². The van der Waals surface area contributed by atoms with Gasteiger partial charge in [-0.15, -0.1) is 0 Å². The normalized spacial score (nSPS) is 27.4. The molecule has 3 aliphatic rings. The molecule has 2 saturated heterocycles. The monoisotopic (exact) mass is 443 g/mol. The van der Waals surface area contributed by atoms with Crippen LogP contribution in [0.25, 0.3) is 10.9 Å². The Balaban J connectivity index is 1.19. The summed E-state index contributed by atoms with van der Waals surface area (Å²) >= 11 is 0. The lowest BCUT2D eigenvalue weighted by molar-refractivity contribution is -0.131. The molecule has 0 radical (unpaired) electrons. The number of hydrogen-bond donors (Lipinski definition) is 2. The molecule has 2 N–H and O–H groups in total. The highest BCUT2D eigenvalue weighted by Crippen LogP contribution is 2.53. The molecule has 0 aliphatic carbocycles. The number of aromatic nitrogens is 1. The maximum Gasteiger partial charge on any atom is 0.234 e. The molecule has 3 aromatic rings. The third-order valence-corrected chi connectivity index (χ3v) is 7.15. The number of methoxy groups -OCH3 is 1. The molecule has 0 unspecified atom stereocenters. The minimum Gasteiger partial charge on any atom is -0.495 e. The SMILES string of the molecule is COc1ccccc1N1C[C@@]23C=C[C@H](O2)[C@@H](C(=O)NCCc2c[nH]c4ccccc24)[C@H]3C1=O. The third-order valence-electron chi connectivity index (χ3n) is 7.15. The molecule has 3 aliphatic heterocycles. The Labute approximate surface area is 191 Å². The molecular weight excluding hydrogens is 418 g/mol. The number of anilines is 1. The lowest BCUT2D eigenvalue weighted by Gasteiger charge is -2.23. The van der Waals surface area contributed by atoms with Gasteiger partial charge in [-0.2, -0.15) is 0 Å². The summed E-state index contributed by atoms with van der Waals surface area (Å²) in [6.45, 7) is 0.876. The van der Waals surface area contributed by atoms with Gasteiger partial charge < -0.3 is 24.7 Å². The van der Waals surface area contributed by atoms with Gasteiger partial charge in [0.1, 0.15) is 11.4 Å². The molecule has 6 rings (SSSR count). The minimum atomic E-state index is -0.762. The zero-order valence-electron chi connectivity index (χ0n) is 18.3. The van der Waals surface area contributed by atoms with Crippen molar-refractivity contribution < 1.29 is 19.1 Å². The molecular formula is C26H25N3O4. The Morgan fingerprint density at radius 2 is 2.06 bits per heavy atom. The lowest BCUT2D eigenvalue weighted by Crippen LogP contribution is -2.44. The second-order valence-corrected chi connectivity index (χ2v) is 8.90. The summed E-state index contributed by atoms with van der Waals surface area (Å²) in [6.07, 6.45) is 6.22. The summed E-state index contributed by atoms with van der Waals surface area (Å²) in [6, 6.07) is 15.6. The average Bonchev–Trinajstić information content (AvgIpc) is 3.59. The highest BCUT2D eigenvalue weighted by Gasteiger charge is 2.67. The highest BCUT2D eigenvalue weighted by molar-refractivity contribution is 6.04. The van der Waals surface area contributed by atoms with Gasteiger partial charge in [-0.25, -0.2) is 0 Å². The topological polar surface area (TPSA) is 83.7 Å². The van der Waals surface area contributed by atoms with E-state index in [2.05, 4.69) is 16.4 Å². The predicted molar refractivity (Wildman–Crippen MR) is 124 cm³/mol. The molecule has 0 saturated carbocycles. The van der Waals surface area contributed by atoms with Crippen molar-refractivity contribution in [1.82, 2.24) is 10.3 Å². The summed E-state index contributed by atoms with van der Waals surface area (Å²) < 4.78 is 11.7. The number of ether oxygens (including phenoxy) is 2. The summed E-state index contributed by atoms with van der Waals surface area (Å²) in [5, 5.41) is 4.22. The van der Waals surface area contributed by atoms with Crippen LogP contribution in [-0.4, -0.2) is 48.7 Å². The second-order valence-electron chi connectivity index (χ2n) is 8.90. The molecule has 2 fully saturated rings. The number of carbonyl (C=O) groups excluding carboxylic acids is 2. The van der Waals surface area contributed by atoms with Crippen LogP contribution in [0.3, 0.4) is 0 Å². The van der Waals surface area contributed by atoms with Crippen molar-refractivity contribution in [3.05, 3.63) is 72.4 Å². The van der Waals surface area contributed by atoms with E-state index in [1.807, 2.05) is 60.8 Å². The maximum atomic E-state index is 13.5. The molecule has 33 heavy (non-hydrogen) atoms. The first-order valence-electron chi connectivity index (χ1n) is 11.3. The van der Waals surface area contributed by atoms with Crippen molar-refractivity contribution in [1.29, 1.82) is 0 Å². The van der Waals surface area contributed by atoms with Gasteiger partial charge in [-0.3, -0.25) is 9.59 Å². The summed E-state index contributed by atoms with van der Waals surface area (Å²) in [4.78, 5) is 31.7. The molecule has 7 heteroatoms. The smallest absolute Gasteiger partial charge is 0.234 e. The number of nitrogens with one attached hydrogen (secondary N) is 2. The Morgan fingerprint density at radius 1 is 1.24 bits per heavy atom. The standard InChI is InChI=1S/C26H25N3O4/c1-32-20-9-5-4-8-19(20)29-15-26-12-10-21(33-26)22(23(26)25(29)31)24(30)27-13-11-16-14-28-18-7-3-2-6-17(16)18/h2-10,12,14,21-23,28H,11,13,15H2,1H3,(H,27,30)/t21-,22+,23-,26+/m0/s1. The van der Waals surface area contributed by atoms with Gasteiger partial charge >= 0.3 is 0 Å². The van der Waals surface area contributed by atoms with Gasteiger partial charge in [0, 0.05) is 23.6 Å². The van der Waals surface area contributed by atoms with Crippen LogP contribution in [0.15, 0.2) is 66.9 Å². The number of H-pyrrole nitrogens is 1. The number of hydrogen-bond acceptors (Lipinski definition) is 4. The predicted octanol–water partition coefficient (Wildman–Crippen LogP) is 2.82. The Kier molecular flexibility index (Phi) is 4.55. The van der Waals surface area contributed by atoms with E-state index in [0.29, 0.717) is 30.9 Å². The van der Waals surface area contributed by atoms with Gasteiger partial charge in [0.05, 0.1) is 37.3 Å². The van der Waals surface area contributed by atoms with Crippen molar-refractivity contribution in [2.75, 3.05) is 25.1 Å². The number of benzene rings is 2. The van der Waals surface area contributed by atoms with Gasteiger partial charge in [0.2, 0.25) is 11.8 Å². The summed E-state index contributed by atoms with van der Waals surface area (Å²) in [5.41, 5.74) is 2.18. The molecule has 168 valence electrons. The fourth-order valence-electron chi connectivity index (χ4n) is 5.63. The fraction of sp³-hybridized carbons (Fsp3) is 0.308. The summed E-state index contributed by atoms with van der Waals surface area (Å²) in [5.74, 6) is -0.675. The van der Waals surface area contributed by atoms with E-state index in [4.69, 9.17) is 9.47 Å². The number of fused-ring (bicyclic) bond motifs is 2. The van der Waals surface area contributed by atoms with Crippen LogP contribution in [0.4, 0.5) is 5.69 Å². The van der Waals surface area contributed by atoms with Gasteiger partial charge in [-0.05, 0) is 30.2 Å². The number of carbonyl (C=O) groups is 2. The van der Waals surface area contributed by atoms with Crippen LogP contribution in [-0.2, 0) is 20.7 Å². The Hall–Kier alpha value is -3.58. The first-order valence-corrected chi connectivity index (χ1v) is 11.3. The van der Waals surface area contributed by atoms with Crippen molar-refractivity contribution >= 4 is 28.4 Å². The maximum absolute atomic E-state index is 13.5. The quantitative estimate of drug-likeness (QED) is 0.574.